The molecule has 2 aromatic rings. The third-order valence-corrected chi connectivity index (χ3v) is 4.46. The molecule has 0 N–H and O–H groups in total. The average molecular weight is 364 g/mol. The molecule has 2 radical (unpaired) electrons. The van der Waals surface area contributed by atoms with Crippen LogP contribution in [0.4, 0.5) is 11.4 Å². The molecule has 0 unspecified atom stereocenters. The van der Waals surface area contributed by atoms with E-state index in [0.29, 0.717) is 5.56 Å². The minimum atomic E-state index is 0.672. The van der Waals surface area contributed by atoms with Crippen LogP contribution in [0.25, 0.3) is 0 Å². The Kier molecular flexibility index (Phi) is 4.82. The molecule has 23 heavy (non-hydrogen) atoms. The molecule has 2 aromatic carbocycles. The van der Waals surface area contributed by atoms with Gasteiger partial charge in [0.1, 0.15) is 14.1 Å². The summed E-state index contributed by atoms with van der Waals surface area (Å²) in [5, 5.41) is 0. The summed E-state index contributed by atoms with van der Waals surface area (Å²) in [6.45, 7) is 0. The Balaban J connectivity index is 2.05. The first kappa shape index (κ1) is 15.8. The quantitative estimate of drug-likeness (QED) is 0.593. The summed E-state index contributed by atoms with van der Waals surface area (Å²) in [7, 11) is 5.81. The number of hydrogen-bond acceptors (Lipinski definition) is 2. The van der Waals surface area contributed by atoms with E-state index in [4.69, 9.17) is 7.85 Å². The van der Waals surface area contributed by atoms with Gasteiger partial charge in [-0.15, -0.1) is 0 Å². The summed E-state index contributed by atoms with van der Waals surface area (Å²) in [6.07, 6.45) is 6.98. The molecule has 0 spiro atoms. The van der Waals surface area contributed by atoms with E-state index in [2.05, 4.69) is 33.0 Å². The molecule has 2 nitrogen and oxygen atoms in total. The second-order valence-corrected chi connectivity index (χ2v) is 6.43. The lowest BCUT2D eigenvalue weighted by Gasteiger charge is -2.29. The maximum absolute atomic E-state index is 10.9. The molecule has 0 amide bonds. The molecule has 0 fully saturated rings. The smallest absolute Gasteiger partial charge is 0.150 e. The van der Waals surface area contributed by atoms with Gasteiger partial charge < -0.3 is 4.90 Å². The van der Waals surface area contributed by atoms with Crippen molar-refractivity contribution in [2.24, 2.45) is 0 Å². The molecule has 0 aromatic heterocycles. The topological polar surface area (TPSA) is 20.3 Å². The first-order valence-electron chi connectivity index (χ1n) is 7.43. The molecular formula is C19H15BBrNO. The van der Waals surface area contributed by atoms with Crippen molar-refractivity contribution in [2.45, 2.75) is 12.8 Å². The number of halogens is 1. The van der Waals surface area contributed by atoms with Crippen LogP contribution in [0.1, 0.15) is 23.2 Å². The minimum Gasteiger partial charge on any atom is -0.314 e. The molecule has 112 valence electrons. The molecule has 0 bridgehead atoms. The molecule has 4 heteroatoms. The van der Waals surface area contributed by atoms with Crippen LogP contribution in [0.2, 0.25) is 0 Å². The van der Waals surface area contributed by atoms with Crippen LogP contribution in [0.5, 0.6) is 0 Å². The summed E-state index contributed by atoms with van der Waals surface area (Å²) in [5.41, 5.74) is 4.70. The van der Waals surface area contributed by atoms with E-state index < -0.39 is 0 Å². The van der Waals surface area contributed by atoms with Gasteiger partial charge in [-0.25, -0.2) is 0 Å². The summed E-state index contributed by atoms with van der Waals surface area (Å²) >= 11 is 3.55. The third kappa shape index (κ3) is 3.65. The Bertz CT molecular complexity index is 763. The Labute approximate surface area is 146 Å². The summed E-state index contributed by atoms with van der Waals surface area (Å²) in [4.78, 5) is 13.1. The number of nitrogens with zero attached hydrogens (tertiary/aromatic N) is 1. The SMILES string of the molecule is [B]c1ccc(N(C2=CC=C(Br)CC2)c2ccc(C=O)cc2)cc1. The predicted octanol–water partition coefficient (Wildman–Crippen LogP) is 4.39. The van der Waals surface area contributed by atoms with Gasteiger partial charge in [-0.05, 0) is 59.8 Å². The summed E-state index contributed by atoms with van der Waals surface area (Å²) in [5.74, 6) is 0. The van der Waals surface area contributed by atoms with E-state index in [1.165, 1.54) is 10.2 Å². The predicted molar refractivity (Wildman–Crippen MR) is 100 cm³/mol. The Morgan fingerprint density at radius 3 is 2.04 bits per heavy atom. The van der Waals surface area contributed by atoms with Gasteiger partial charge in [0, 0.05) is 22.6 Å². The fourth-order valence-electron chi connectivity index (χ4n) is 2.59. The number of carbonyl (C=O) groups is 1. The molecule has 0 heterocycles. The number of allylic oxidation sites excluding steroid dienone is 4. The van der Waals surface area contributed by atoms with Gasteiger partial charge in [-0.2, -0.15) is 0 Å². The standard InChI is InChI=1S/C19H15BBrNO/c20-15-3-9-18(10-4-15)22(19-11-5-16(21)6-12-19)17-7-1-14(13-23)2-8-17/h1-5,7-11,13H,6,12H2. The third-order valence-electron chi connectivity index (χ3n) is 3.80. The first-order chi connectivity index (χ1) is 11.2. The molecule has 0 saturated heterocycles. The van der Waals surface area contributed by atoms with Crippen LogP contribution >= 0.6 is 15.9 Å². The van der Waals surface area contributed by atoms with Crippen LogP contribution in [-0.2, 0) is 0 Å². The zero-order valence-electron chi connectivity index (χ0n) is 12.6. The zero-order valence-corrected chi connectivity index (χ0v) is 14.2. The fourth-order valence-corrected chi connectivity index (χ4v) is 2.92. The van der Waals surface area contributed by atoms with Crippen molar-refractivity contribution in [3.8, 4) is 0 Å². The van der Waals surface area contributed by atoms with Gasteiger partial charge >= 0.3 is 0 Å². The van der Waals surface area contributed by atoms with E-state index in [-0.39, 0.29) is 0 Å². The van der Waals surface area contributed by atoms with Gasteiger partial charge in [0.2, 0.25) is 0 Å². The number of hydrogen-bond donors (Lipinski definition) is 0. The lowest BCUT2D eigenvalue weighted by molar-refractivity contribution is 0.112. The molecular weight excluding hydrogens is 349 g/mol. The van der Waals surface area contributed by atoms with Crippen molar-refractivity contribution in [2.75, 3.05) is 4.90 Å². The van der Waals surface area contributed by atoms with Crippen LogP contribution < -0.4 is 10.4 Å². The molecule has 0 aliphatic heterocycles. The fraction of sp³-hybridized carbons (Fsp3) is 0.105. The average Bonchev–Trinajstić information content (AvgIpc) is 2.59. The maximum atomic E-state index is 10.9. The van der Waals surface area contributed by atoms with Crippen molar-refractivity contribution >= 4 is 46.9 Å². The summed E-state index contributed by atoms with van der Waals surface area (Å²) in [6, 6.07) is 15.4. The summed E-state index contributed by atoms with van der Waals surface area (Å²) < 4.78 is 1.20. The highest BCUT2D eigenvalue weighted by molar-refractivity contribution is 9.11. The van der Waals surface area contributed by atoms with Crippen molar-refractivity contribution in [3.63, 3.8) is 0 Å². The van der Waals surface area contributed by atoms with E-state index in [1.807, 2.05) is 48.5 Å². The van der Waals surface area contributed by atoms with Gasteiger partial charge in [0.05, 0.1) is 0 Å². The molecule has 1 aliphatic rings. The normalized spacial score (nSPS) is 14.0. The Morgan fingerprint density at radius 1 is 0.913 bits per heavy atom. The highest BCUT2D eigenvalue weighted by Crippen LogP contribution is 2.34. The second kappa shape index (κ2) is 7.01. The van der Waals surface area contributed by atoms with Gasteiger partial charge in [0.15, 0.2) is 0 Å². The van der Waals surface area contributed by atoms with E-state index in [1.54, 1.807) is 0 Å². The molecule has 3 rings (SSSR count). The van der Waals surface area contributed by atoms with Crippen molar-refractivity contribution < 1.29 is 4.79 Å². The lowest BCUT2D eigenvalue weighted by Crippen LogP contribution is -2.18. The van der Waals surface area contributed by atoms with E-state index >= 15 is 0 Å². The van der Waals surface area contributed by atoms with Crippen molar-refractivity contribution in [1.29, 1.82) is 0 Å². The molecule has 0 saturated carbocycles. The van der Waals surface area contributed by atoms with Crippen LogP contribution in [0.3, 0.4) is 0 Å². The van der Waals surface area contributed by atoms with E-state index in [9.17, 15) is 4.79 Å². The van der Waals surface area contributed by atoms with Gasteiger partial charge in [0.25, 0.3) is 0 Å². The number of benzene rings is 2. The first-order valence-corrected chi connectivity index (χ1v) is 8.23. The maximum Gasteiger partial charge on any atom is 0.150 e. The minimum absolute atomic E-state index is 0.672. The molecule has 0 atom stereocenters. The zero-order chi connectivity index (χ0) is 16.2. The monoisotopic (exact) mass is 363 g/mol. The molecule has 1 aliphatic carbocycles. The van der Waals surface area contributed by atoms with E-state index in [0.717, 1.165) is 36.0 Å². The van der Waals surface area contributed by atoms with Gasteiger partial charge in [-0.1, -0.05) is 39.6 Å². The lowest BCUT2D eigenvalue weighted by atomic mass is 9.96. The number of carbonyl (C=O) groups excluding carboxylic acids is 1. The Hall–Kier alpha value is -2.07. The Morgan fingerprint density at radius 2 is 1.52 bits per heavy atom. The van der Waals surface area contributed by atoms with Crippen molar-refractivity contribution in [1.82, 2.24) is 0 Å². The highest BCUT2D eigenvalue weighted by Gasteiger charge is 2.16. The van der Waals surface area contributed by atoms with Crippen molar-refractivity contribution in [3.05, 3.63) is 76.4 Å². The largest absolute Gasteiger partial charge is 0.314 e. The van der Waals surface area contributed by atoms with Gasteiger partial charge in [-0.3, -0.25) is 4.79 Å². The number of anilines is 2. The highest BCUT2D eigenvalue weighted by atomic mass is 79.9. The van der Waals surface area contributed by atoms with Crippen LogP contribution in [0, 0.1) is 0 Å². The van der Waals surface area contributed by atoms with Crippen LogP contribution in [0.15, 0.2) is 70.9 Å². The number of rotatable bonds is 4. The number of aldehydes is 1. The second-order valence-electron chi connectivity index (χ2n) is 5.41. The van der Waals surface area contributed by atoms with Crippen LogP contribution in [-0.4, -0.2) is 14.1 Å².